The van der Waals surface area contributed by atoms with E-state index in [-0.39, 0.29) is 17.4 Å². The van der Waals surface area contributed by atoms with E-state index >= 15 is 0 Å². The fourth-order valence-corrected chi connectivity index (χ4v) is 4.06. The third-order valence-electron chi connectivity index (χ3n) is 5.12. The van der Waals surface area contributed by atoms with Crippen molar-refractivity contribution < 1.29 is 14.0 Å². The largest absolute Gasteiger partial charge is 0.459 e. The third-order valence-corrected chi connectivity index (χ3v) is 5.12. The van der Waals surface area contributed by atoms with Crippen molar-refractivity contribution in [3.8, 4) is 0 Å². The Bertz CT molecular complexity index is 576. The number of hydrogen-bond acceptors (Lipinski definition) is 3. The normalized spacial score (nSPS) is 25.8. The zero-order chi connectivity index (χ0) is 15.7. The molecule has 0 radical (unpaired) electrons. The van der Waals surface area contributed by atoms with E-state index in [0.29, 0.717) is 18.7 Å². The van der Waals surface area contributed by atoms with Crippen LogP contribution in [0.15, 0.2) is 16.7 Å². The van der Waals surface area contributed by atoms with E-state index in [9.17, 15) is 9.59 Å². The molecule has 0 N–H and O–H groups in total. The molecule has 2 amide bonds. The maximum atomic E-state index is 12.7. The minimum absolute atomic E-state index is 0.0457. The van der Waals surface area contributed by atoms with Crippen molar-refractivity contribution in [2.24, 2.45) is 0 Å². The van der Waals surface area contributed by atoms with Crippen LogP contribution in [0.4, 0.5) is 0 Å². The van der Waals surface area contributed by atoms with E-state index < -0.39 is 0 Å². The first-order valence-corrected chi connectivity index (χ1v) is 8.21. The molecule has 0 unspecified atom stereocenters. The van der Waals surface area contributed by atoms with E-state index in [1.165, 1.54) is 0 Å². The highest BCUT2D eigenvalue weighted by atomic mass is 16.3. The Hall–Kier alpha value is -1.78. The molecule has 1 atom stereocenters. The predicted molar refractivity (Wildman–Crippen MR) is 82.6 cm³/mol. The molecule has 1 aromatic rings. The Balaban J connectivity index is 1.83. The van der Waals surface area contributed by atoms with Gasteiger partial charge in [0.05, 0.1) is 11.8 Å². The van der Waals surface area contributed by atoms with E-state index in [1.807, 2.05) is 29.7 Å². The zero-order valence-corrected chi connectivity index (χ0v) is 13.4. The molecule has 5 heteroatoms. The van der Waals surface area contributed by atoms with Gasteiger partial charge in [-0.05, 0) is 45.6 Å². The average molecular weight is 304 g/mol. The SMILES string of the molecule is CCN1C(=O)CCC[C@]12CCCN(C(=O)c1occc1C)C2. The second kappa shape index (κ2) is 5.78. The summed E-state index contributed by atoms with van der Waals surface area (Å²) < 4.78 is 5.36. The summed E-state index contributed by atoms with van der Waals surface area (Å²) in [4.78, 5) is 28.9. The highest BCUT2D eigenvalue weighted by molar-refractivity contribution is 5.93. The van der Waals surface area contributed by atoms with Crippen LogP contribution in [-0.2, 0) is 4.79 Å². The first-order chi connectivity index (χ1) is 10.6. The number of nitrogens with zero attached hydrogens (tertiary/aromatic N) is 2. The van der Waals surface area contributed by atoms with Gasteiger partial charge in [-0.2, -0.15) is 0 Å². The fraction of sp³-hybridized carbons (Fsp3) is 0.647. The van der Waals surface area contributed by atoms with Crippen molar-refractivity contribution in [3.63, 3.8) is 0 Å². The summed E-state index contributed by atoms with van der Waals surface area (Å²) in [5, 5.41) is 0. The number of aryl methyl sites for hydroxylation is 1. The van der Waals surface area contributed by atoms with Gasteiger partial charge < -0.3 is 14.2 Å². The molecule has 0 aliphatic carbocycles. The summed E-state index contributed by atoms with van der Waals surface area (Å²) in [6, 6.07) is 1.81. The number of likely N-dealkylation sites (tertiary alicyclic amines) is 2. The smallest absolute Gasteiger partial charge is 0.289 e. The molecular formula is C17H24N2O3. The third kappa shape index (κ3) is 2.42. The van der Waals surface area contributed by atoms with Gasteiger partial charge in [0, 0.05) is 31.6 Å². The lowest BCUT2D eigenvalue weighted by Crippen LogP contribution is -2.63. The van der Waals surface area contributed by atoms with Crippen molar-refractivity contribution in [3.05, 3.63) is 23.7 Å². The Morgan fingerprint density at radius 1 is 1.36 bits per heavy atom. The summed E-state index contributed by atoms with van der Waals surface area (Å²) in [7, 11) is 0. The molecule has 120 valence electrons. The maximum absolute atomic E-state index is 12.7. The molecule has 2 aliphatic rings. The number of furan rings is 1. The second-order valence-corrected chi connectivity index (χ2v) is 6.48. The summed E-state index contributed by atoms with van der Waals surface area (Å²) >= 11 is 0. The van der Waals surface area contributed by atoms with E-state index in [0.717, 1.165) is 44.3 Å². The number of amides is 2. The van der Waals surface area contributed by atoms with Crippen LogP contribution in [0.5, 0.6) is 0 Å². The monoisotopic (exact) mass is 304 g/mol. The second-order valence-electron chi connectivity index (χ2n) is 6.48. The molecule has 0 bridgehead atoms. The number of piperidine rings is 2. The molecule has 0 saturated carbocycles. The molecule has 0 aromatic carbocycles. The molecule has 22 heavy (non-hydrogen) atoms. The van der Waals surface area contributed by atoms with Gasteiger partial charge in [-0.1, -0.05) is 0 Å². The minimum atomic E-state index is -0.168. The van der Waals surface area contributed by atoms with E-state index in [2.05, 4.69) is 0 Å². The highest BCUT2D eigenvalue weighted by Gasteiger charge is 2.45. The first kappa shape index (κ1) is 15.1. The van der Waals surface area contributed by atoms with Crippen LogP contribution in [-0.4, -0.2) is 46.8 Å². The Kier molecular flexibility index (Phi) is 3.98. The highest BCUT2D eigenvalue weighted by Crippen LogP contribution is 2.37. The van der Waals surface area contributed by atoms with Crippen LogP contribution in [0.3, 0.4) is 0 Å². The van der Waals surface area contributed by atoms with Gasteiger partial charge in [0.2, 0.25) is 5.91 Å². The Labute approximate surface area is 131 Å². The van der Waals surface area contributed by atoms with Crippen LogP contribution >= 0.6 is 0 Å². The number of carbonyl (C=O) groups is 2. The van der Waals surface area contributed by atoms with Crippen LogP contribution in [0.25, 0.3) is 0 Å². The lowest BCUT2D eigenvalue weighted by atomic mass is 9.79. The molecule has 1 spiro atoms. The molecule has 2 fully saturated rings. The van der Waals surface area contributed by atoms with Crippen molar-refractivity contribution >= 4 is 11.8 Å². The fourth-order valence-electron chi connectivity index (χ4n) is 4.06. The summed E-state index contributed by atoms with van der Waals surface area (Å²) in [5.74, 6) is 0.620. The minimum Gasteiger partial charge on any atom is -0.459 e. The topological polar surface area (TPSA) is 53.8 Å². The van der Waals surface area contributed by atoms with E-state index in [4.69, 9.17) is 4.42 Å². The van der Waals surface area contributed by atoms with Crippen LogP contribution in [0.2, 0.25) is 0 Å². The lowest BCUT2D eigenvalue weighted by molar-refractivity contribution is -0.144. The van der Waals surface area contributed by atoms with Crippen molar-refractivity contribution in [2.45, 2.75) is 51.5 Å². The molecule has 3 heterocycles. The predicted octanol–water partition coefficient (Wildman–Crippen LogP) is 2.60. The van der Waals surface area contributed by atoms with Crippen LogP contribution < -0.4 is 0 Å². The molecule has 1 aromatic heterocycles. The van der Waals surface area contributed by atoms with Gasteiger partial charge in [0.1, 0.15) is 0 Å². The number of rotatable bonds is 2. The molecule has 5 nitrogen and oxygen atoms in total. The molecule has 2 aliphatic heterocycles. The lowest BCUT2D eigenvalue weighted by Gasteiger charge is -2.51. The van der Waals surface area contributed by atoms with Gasteiger partial charge in [-0.25, -0.2) is 0 Å². The molecule has 3 rings (SSSR count). The number of hydrogen-bond donors (Lipinski definition) is 0. The Morgan fingerprint density at radius 2 is 2.14 bits per heavy atom. The zero-order valence-electron chi connectivity index (χ0n) is 13.4. The number of carbonyl (C=O) groups excluding carboxylic acids is 2. The standard InChI is InChI=1S/C17H24N2O3/c1-3-19-14(20)6-4-8-17(19)9-5-10-18(12-17)16(21)15-13(2)7-11-22-15/h7,11H,3-6,8-10,12H2,1-2H3/t17-/m1/s1. The van der Waals surface area contributed by atoms with Crippen LogP contribution in [0, 0.1) is 6.92 Å². The van der Waals surface area contributed by atoms with Crippen LogP contribution in [0.1, 0.15) is 55.1 Å². The van der Waals surface area contributed by atoms with Crippen molar-refractivity contribution in [1.82, 2.24) is 9.80 Å². The summed E-state index contributed by atoms with van der Waals surface area (Å²) in [6.45, 7) is 6.01. The van der Waals surface area contributed by atoms with Crippen molar-refractivity contribution in [2.75, 3.05) is 19.6 Å². The quantitative estimate of drug-likeness (QED) is 0.844. The van der Waals surface area contributed by atoms with Gasteiger partial charge in [-0.15, -0.1) is 0 Å². The maximum Gasteiger partial charge on any atom is 0.289 e. The Morgan fingerprint density at radius 3 is 2.82 bits per heavy atom. The molecular weight excluding hydrogens is 280 g/mol. The average Bonchev–Trinajstić information content (AvgIpc) is 2.93. The molecule has 2 saturated heterocycles. The van der Waals surface area contributed by atoms with Crippen molar-refractivity contribution in [1.29, 1.82) is 0 Å². The first-order valence-electron chi connectivity index (χ1n) is 8.21. The van der Waals surface area contributed by atoms with Gasteiger partial charge in [0.15, 0.2) is 5.76 Å². The van der Waals surface area contributed by atoms with Gasteiger partial charge in [-0.3, -0.25) is 9.59 Å². The van der Waals surface area contributed by atoms with Gasteiger partial charge in [0.25, 0.3) is 5.91 Å². The summed E-state index contributed by atoms with van der Waals surface area (Å²) in [5.41, 5.74) is 0.704. The van der Waals surface area contributed by atoms with E-state index in [1.54, 1.807) is 6.26 Å². The number of likely N-dealkylation sites (N-methyl/N-ethyl adjacent to an activating group) is 1. The van der Waals surface area contributed by atoms with Gasteiger partial charge >= 0.3 is 0 Å². The summed E-state index contributed by atoms with van der Waals surface area (Å²) in [6.07, 6.45) is 6.05.